The van der Waals surface area contributed by atoms with Gasteiger partial charge in [0.05, 0.1) is 5.66 Å². The maximum atomic E-state index is 4.13. The maximum Gasteiger partial charge on any atom is 0.0846 e. The minimum absolute atomic E-state index is 0.157. The molecule has 3 nitrogen and oxygen atoms in total. The van der Waals surface area contributed by atoms with Gasteiger partial charge in [0.2, 0.25) is 0 Å². The Morgan fingerprint density at radius 2 is 1.74 bits per heavy atom. The van der Waals surface area contributed by atoms with Crippen LogP contribution in [0, 0.1) is 0 Å². The third-order valence-corrected chi connectivity index (χ3v) is 6.33. The highest BCUT2D eigenvalue weighted by atomic mass is 28.1. The van der Waals surface area contributed by atoms with Crippen molar-refractivity contribution in [1.82, 2.24) is 16.0 Å². The fraction of sp³-hybridized carbons (Fsp3) is 1.00. The molecule has 0 heterocycles. The molecule has 2 unspecified atom stereocenters. The van der Waals surface area contributed by atoms with Crippen LogP contribution in [-0.2, 0) is 0 Å². The number of hydrogen-bond donors (Lipinski definition) is 3. The first kappa shape index (κ1) is 15.5. The maximum absolute atomic E-state index is 4.13. The molecule has 0 radical (unpaired) electrons. The van der Waals surface area contributed by atoms with Crippen LogP contribution in [0.4, 0.5) is 0 Å². The quantitative estimate of drug-likeness (QED) is 0.504. The Morgan fingerprint density at radius 1 is 1.00 bits per heavy atom. The Balaban J connectivity index is 2.09. The zero-order chi connectivity index (χ0) is 13.8. The molecule has 19 heavy (non-hydrogen) atoms. The second kappa shape index (κ2) is 6.70. The lowest BCUT2D eigenvalue weighted by Crippen LogP contribution is -2.71. The van der Waals surface area contributed by atoms with Crippen molar-refractivity contribution >= 4 is 10.2 Å². The molecule has 2 fully saturated rings. The summed E-state index contributed by atoms with van der Waals surface area (Å²) < 4.78 is 0. The van der Waals surface area contributed by atoms with Gasteiger partial charge in [-0.05, 0) is 45.2 Å². The smallest absolute Gasteiger partial charge is 0.0846 e. The van der Waals surface area contributed by atoms with Crippen LogP contribution in [0.1, 0.15) is 65.2 Å². The zero-order valence-electron chi connectivity index (χ0n) is 13.1. The minimum atomic E-state index is 0.157. The molecule has 2 rings (SSSR count). The summed E-state index contributed by atoms with van der Waals surface area (Å²) in [5.74, 6) is 0. The Hall–Kier alpha value is 0.0969. The van der Waals surface area contributed by atoms with E-state index in [1.54, 1.807) is 0 Å². The van der Waals surface area contributed by atoms with E-state index >= 15 is 0 Å². The molecule has 2 aliphatic rings. The van der Waals surface area contributed by atoms with E-state index in [-0.39, 0.29) is 5.66 Å². The summed E-state index contributed by atoms with van der Waals surface area (Å²) in [5, 5.41) is 12.1. The number of nitrogens with one attached hydrogen (secondary N) is 3. The Bertz CT molecular complexity index is 279. The van der Waals surface area contributed by atoms with Gasteiger partial charge in [-0.2, -0.15) is 0 Å². The van der Waals surface area contributed by atoms with Gasteiger partial charge in [-0.15, -0.1) is 0 Å². The molecule has 4 heteroatoms. The summed E-state index contributed by atoms with van der Waals surface area (Å²) in [6.45, 7) is 6.61. The SMILES string of the molecule is CCNC1CCCC1(NCC)NC1([SiH3])CCCCC1. The third kappa shape index (κ3) is 3.60. The van der Waals surface area contributed by atoms with Crippen molar-refractivity contribution in [3.05, 3.63) is 0 Å². The standard InChI is InChI=1S/C15H33N3Si/c1-3-16-13-9-8-12-15(13,17-4-2)18-14(19)10-6-5-7-11-14/h13,16-18H,3-12H2,1-2,19H3. The van der Waals surface area contributed by atoms with Gasteiger partial charge < -0.3 is 5.32 Å². The summed E-state index contributed by atoms with van der Waals surface area (Å²) in [7, 11) is 1.27. The Labute approximate surface area is 122 Å². The van der Waals surface area contributed by atoms with Crippen LogP contribution in [0.3, 0.4) is 0 Å². The van der Waals surface area contributed by atoms with Gasteiger partial charge in [-0.3, -0.25) is 10.6 Å². The van der Waals surface area contributed by atoms with Crippen molar-refractivity contribution in [3.63, 3.8) is 0 Å². The van der Waals surface area contributed by atoms with Gasteiger partial charge in [0.1, 0.15) is 0 Å². The summed E-state index contributed by atoms with van der Waals surface area (Å²) in [5.41, 5.74) is 0.157. The lowest BCUT2D eigenvalue weighted by atomic mass is 9.91. The molecule has 2 aliphatic carbocycles. The topological polar surface area (TPSA) is 36.1 Å². The molecular formula is C15H33N3Si. The van der Waals surface area contributed by atoms with Gasteiger partial charge in [0.25, 0.3) is 0 Å². The highest BCUT2D eigenvalue weighted by Crippen LogP contribution is 2.34. The number of rotatable bonds is 6. The molecular weight excluding hydrogens is 250 g/mol. The molecule has 0 saturated heterocycles. The van der Waals surface area contributed by atoms with Crippen LogP contribution in [0.5, 0.6) is 0 Å². The Kier molecular flexibility index (Phi) is 5.46. The second-order valence-electron chi connectivity index (χ2n) is 6.75. The molecule has 0 aromatic carbocycles. The van der Waals surface area contributed by atoms with Crippen molar-refractivity contribution in [2.45, 2.75) is 82.1 Å². The first-order valence-corrected chi connectivity index (χ1v) is 9.42. The zero-order valence-corrected chi connectivity index (χ0v) is 15.1. The van der Waals surface area contributed by atoms with Gasteiger partial charge in [-0.1, -0.05) is 33.1 Å². The average Bonchev–Trinajstić information content (AvgIpc) is 2.73. The molecule has 0 spiro atoms. The number of likely N-dealkylation sites (N-methyl/N-ethyl adjacent to an activating group) is 2. The van der Waals surface area contributed by atoms with E-state index in [0.717, 1.165) is 13.1 Å². The van der Waals surface area contributed by atoms with Crippen molar-refractivity contribution in [2.24, 2.45) is 0 Å². The highest BCUT2D eigenvalue weighted by Gasteiger charge is 2.45. The van der Waals surface area contributed by atoms with Crippen LogP contribution >= 0.6 is 0 Å². The minimum Gasteiger partial charge on any atom is -0.311 e. The van der Waals surface area contributed by atoms with Crippen LogP contribution in [0.25, 0.3) is 0 Å². The van der Waals surface area contributed by atoms with E-state index in [9.17, 15) is 0 Å². The molecule has 0 bridgehead atoms. The molecule has 2 saturated carbocycles. The molecule has 3 N–H and O–H groups in total. The molecule has 0 aromatic rings. The normalized spacial score (nSPS) is 34.7. The summed E-state index contributed by atoms with van der Waals surface area (Å²) in [6, 6.07) is 0.602. The number of hydrogen-bond acceptors (Lipinski definition) is 3. The van der Waals surface area contributed by atoms with Crippen LogP contribution in [0.2, 0.25) is 0 Å². The molecule has 0 aliphatic heterocycles. The first-order chi connectivity index (χ1) is 9.14. The monoisotopic (exact) mass is 283 g/mol. The van der Waals surface area contributed by atoms with E-state index in [1.807, 2.05) is 0 Å². The molecule has 2 atom stereocenters. The van der Waals surface area contributed by atoms with E-state index in [0.29, 0.717) is 11.2 Å². The van der Waals surface area contributed by atoms with Crippen LogP contribution in [0.15, 0.2) is 0 Å². The first-order valence-electron chi connectivity index (χ1n) is 8.42. The fourth-order valence-corrected chi connectivity index (χ4v) is 5.40. The van der Waals surface area contributed by atoms with Crippen molar-refractivity contribution in [1.29, 1.82) is 0 Å². The van der Waals surface area contributed by atoms with Crippen molar-refractivity contribution in [2.75, 3.05) is 13.1 Å². The third-order valence-electron chi connectivity index (χ3n) is 5.08. The largest absolute Gasteiger partial charge is 0.311 e. The predicted molar refractivity (Wildman–Crippen MR) is 86.6 cm³/mol. The molecule has 0 amide bonds. The fourth-order valence-electron chi connectivity index (χ4n) is 4.24. The lowest BCUT2D eigenvalue weighted by molar-refractivity contribution is 0.154. The summed E-state index contributed by atoms with van der Waals surface area (Å²) in [4.78, 5) is 0. The second-order valence-corrected chi connectivity index (χ2v) is 8.66. The van der Waals surface area contributed by atoms with Gasteiger partial charge in [-0.25, -0.2) is 0 Å². The molecule has 112 valence electrons. The van der Waals surface area contributed by atoms with Crippen molar-refractivity contribution in [3.8, 4) is 0 Å². The van der Waals surface area contributed by atoms with E-state index in [1.165, 1.54) is 61.6 Å². The van der Waals surface area contributed by atoms with E-state index < -0.39 is 0 Å². The van der Waals surface area contributed by atoms with Crippen LogP contribution in [-0.4, -0.2) is 40.2 Å². The predicted octanol–water partition coefficient (Wildman–Crippen LogP) is 1.07. The average molecular weight is 284 g/mol. The van der Waals surface area contributed by atoms with Gasteiger partial charge in [0, 0.05) is 21.4 Å². The highest BCUT2D eigenvalue weighted by molar-refractivity contribution is 6.15. The summed E-state index contributed by atoms with van der Waals surface area (Å²) >= 11 is 0. The Morgan fingerprint density at radius 3 is 2.37 bits per heavy atom. The summed E-state index contributed by atoms with van der Waals surface area (Å²) in [6.07, 6.45) is 11.0. The lowest BCUT2D eigenvalue weighted by Gasteiger charge is -2.47. The van der Waals surface area contributed by atoms with Crippen molar-refractivity contribution < 1.29 is 0 Å². The molecule has 0 aromatic heterocycles. The van der Waals surface area contributed by atoms with Gasteiger partial charge in [0.15, 0.2) is 0 Å². The van der Waals surface area contributed by atoms with Gasteiger partial charge >= 0.3 is 0 Å². The van der Waals surface area contributed by atoms with E-state index in [4.69, 9.17) is 0 Å². The van der Waals surface area contributed by atoms with Crippen LogP contribution < -0.4 is 16.0 Å². The van der Waals surface area contributed by atoms with E-state index in [2.05, 4.69) is 29.8 Å².